The summed E-state index contributed by atoms with van der Waals surface area (Å²) in [5.41, 5.74) is 1.55. The Labute approximate surface area is 199 Å². The quantitative estimate of drug-likeness (QED) is 0.357. The van der Waals surface area contributed by atoms with Crippen LogP contribution in [0.2, 0.25) is 0 Å². The van der Waals surface area contributed by atoms with E-state index < -0.39 is 11.6 Å². The molecule has 180 valence electrons. The molecular formula is C24H23F2N7O2. The normalized spacial score (nSPS) is 14.0. The number of hydrogen-bond donors (Lipinski definition) is 3. The molecule has 1 aromatic carbocycles. The molecule has 4 aromatic rings. The van der Waals surface area contributed by atoms with Gasteiger partial charge in [0.25, 0.3) is 5.88 Å². The van der Waals surface area contributed by atoms with Gasteiger partial charge in [0.15, 0.2) is 17.4 Å². The highest BCUT2D eigenvalue weighted by molar-refractivity contribution is 5.82. The second-order valence-electron chi connectivity index (χ2n) is 8.00. The number of pyridine rings is 2. The first-order valence-corrected chi connectivity index (χ1v) is 11.1. The number of piperidine rings is 1. The fraction of sp³-hybridized carbons (Fsp3) is 0.250. The van der Waals surface area contributed by atoms with Gasteiger partial charge in [-0.25, -0.2) is 18.7 Å². The van der Waals surface area contributed by atoms with E-state index in [1.165, 1.54) is 6.20 Å². The first kappa shape index (κ1) is 22.7. The Kier molecular flexibility index (Phi) is 6.49. The van der Waals surface area contributed by atoms with Gasteiger partial charge < -0.3 is 25.4 Å². The molecule has 11 heteroatoms. The Morgan fingerprint density at radius 3 is 2.54 bits per heavy atom. The van der Waals surface area contributed by atoms with E-state index in [1.54, 1.807) is 37.7 Å². The van der Waals surface area contributed by atoms with Crippen molar-refractivity contribution in [3.05, 3.63) is 60.6 Å². The standard InChI is InChI=1S/C24H23F2N7O2/c1-34-21-10-16(13-30-23(21)35-17-2-5-27-6-3-17)32-24-28-7-4-22(33-24)31-15-8-14-9-18(25)19(26)11-20(14)29-12-15/h4,7-13,17,27H,2-3,5-6H2,1H3,(H2,28,31,32,33). The third-order valence-corrected chi connectivity index (χ3v) is 5.51. The number of aromatic nitrogens is 4. The first-order valence-electron chi connectivity index (χ1n) is 11.1. The molecule has 1 aliphatic rings. The van der Waals surface area contributed by atoms with Crippen LogP contribution < -0.4 is 25.4 Å². The zero-order valence-electron chi connectivity index (χ0n) is 18.9. The maximum absolute atomic E-state index is 13.6. The summed E-state index contributed by atoms with van der Waals surface area (Å²) in [6, 6.07) is 7.28. The average molecular weight is 479 g/mol. The van der Waals surface area contributed by atoms with Crippen LogP contribution in [-0.4, -0.2) is 46.2 Å². The molecule has 3 aromatic heterocycles. The fourth-order valence-corrected chi connectivity index (χ4v) is 3.76. The lowest BCUT2D eigenvalue weighted by Gasteiger charge is -2.24. The number of halogens is 2. The third kappa shape index (κ3) is 5.35. The van der Waals surface area contributed by atoms with Gasteiger partial charge in [0.2, 0.25) is 5.95 Å². The molecular weight excluding hydrogens is 456 g/mol. The van der Waals surface area contributed by atoms with Crippen molar-refractivity contribution >= 4 is 34.0 Å². The van der Waals surface area contributed by atoms with Crippen molar-refractivity contribution in [3.63, 3.8) is 0 Å². The highest BCUT2D eigenvalue weighted by atomic mass is 19.2. The molecule has 0 spiro atoms. The lowest BCUT2D eigenvalue weighted by molar-refractivity contribution is 0.150. The van der Waals surface area contributed by atoms with Crippen molar-refractivity contribution in [2.24, 2.45) is 0 Å². The van der Waals surface area contributed by atoms with Crippen molar-refractivity contribution in [1.29, 1.82) is 0 Å². The highest BCUT2D eigenvalue weighted by Gasteiger charge is 2.18. The zero-order valence-corrected chi connectivity index (χ0v) is 18.9. The molecule has 3 N–H and O–H groups in total. The van der Waals surface area contributed by atoms with Crippen LogP contribution in [0, 0.1) is 11.6 Å². The molecule has 35 heavy (non-hydrogen) atoms. The molecule has 0 atom stereocenters. The minimum Gasteiger partial charge on any atom is -0.491 e. The van der Waals surface area contributed by atoms with Crippen LogP contribution in [-0.2, 0) is 0 Å². The topological polar surface area (TPSA) is 106 Å². The van der Waals surface area contributed by atoms with E-state index in [0.717, 1.165) is 38.1 Å². The Morgan fingerprint density at radius 1 is 0.943 bits per heavy atom. The fourth-order valence-electron chi connectivity index (χ4n) is 3.76. The summed E-state index contributed by atoms with van der Waals surface area (Å²) in [5, 5.41) is 9.97. The van der Waals surface area contributed by atoms with E-state index in [1.807, 2.05) is 0 Å². The summed E-state index contributed by atoms with van der Waals surface area (Å²) >= 11 is 0. The van der Waals surface area contributed by atoms with E-state index in [0.29, 0.717) is 45.7 Å². The summed E-state index contributed by atoms with van der Waals surface area (Å²) in [6.45, 7) is 1.83. The Hall–Kier alpha value is -4.12. The van der Waals surface area contributed by atoms with E-state index in [9.17, 15) is 8.78 Å². The van der Waals surface area contributed by atoms with Crippen molar-refractivity contribution in [2.45, 2.75) is 18.9 Å². The van der Waals surface area contributed by atoms with Crippen molar-refractivity contribution in [1.82, 2.24) is 25.3 Å². The van der Waals surface area contributed by atoms with Gasteiger partial charge in [-0.15, -0.1) is 0 Å². The SMILES string of the molecule is COc1cc(Nc2nccc(Nc3cnc4cc(F)c(F)cc4c3)n2)cnc1OC1CCNCC1. The molecule has 1 aliphatic heterocycles. The Balaban J connectivity index is 1.30. The van der Waals surface area contributed by atoms with Gasteiger partial charge in [-0.05, 0) is 44.1 Å². The van der Waals surface area contributed by atoms with Gasteiger partial charge in [0.05, 0.1) is 36.4 Å². The lowest BCUT2D eigenvalue weighted by Crippen LogP contribution is -2.34. The Bertz CT molecular complexity index is 1350. The molecule has 4 heterocycles. The minimum absolute atomic E-state index is 0.0997. The van der Waals surface area contributed by atoms with Crippen LogP contribution in [0.5, 0.6) is 11.6 Å². The number of anilines is 4. The van der Waals surface area contributed by atoms with E-state index >= 15 is 0 Å². The van der Waals surface area contributed by atoms with E-state index in [2.05, 4.69) is 35.9 Å². The molecule has 0 aliphatic carbocycles. The van der Waals surface area contributed by atoms with Crippen LogP contribution in [0.1, 0.15) is 12.8 Å². The molecule has 0 saturated carbocycles. The number of nitrogens with zero attached hydrogens (tertiary/aromatic N) is 4. The molecule has 0 amide bonds. The number of benzene rings is 1. The molecule has 1 fully saturated rings. The highest BCUT2D eigenvalue weighted by Crippen LogP contribution is 2.30. The van der Waals surface area contributed by atoms with Gasteiger partial charge in [0, 0.05) is 23.7 Å². The Morgan fingerprint density at radius 2 is 1.71 bits per heavy atom. The summed E-state index contributed by atoms with van der Waals surface area (Å²) < 4.78 is 38.5. The second-order valence-corrected chi connectivity index (χ2v) is 8.00. The average Bonchev–Trinajstić information content (AvgIpc) is 2.87. The van der Waals surface area contributed by atoms with Gasteiger partial charge in [-0.3, -0.25) is 4.98 Å². The number of nitrogens with one attached hydrogen (secondary N) is 3. The molecule has 5 rings (SSSR count). The maximum atomic E-state index is 13.6. The smallest absolute Gasteiger partial charge is 0.257 e. The van der Waals surface area contributed by atoms with E-state index in [-0.39, 0.29) is 6.10 Å². The van der Waals surface area contributed by atoms with Gasteiger partial charge in [0.1, 0.15) is 11.9 Å². The van der Waals surface area contributed by atoms with Crippen LogP contribution in [0.25, 0.3) is 10.9 Å². The summed E-state index contributed by atoms with van der Waals surface area (Å²) in [6.07, 6.45) is 6.66. The molecule has 1 saturated heterocycles. The van der Waals surface area contributed by atoms with Crippen molar-refractivity contribution in [3.8, 4) is 11.6 Å². The molecule has 0 radical (unpaired) electrons. The zero-order chi connectivity index (χ0) is 24.2. The number of hydrogen-bond acceptors (Lipinski definition) is 9. The summed E-state index contributed by atoms with van der Waals surface area (Å²) in [7, 11) is 1.56. The summed E-state index contributed by atoms with van der Waals surface area (Å²) in [4.78, 5) is 17.3. The van der Waals surface area contributed by atoms with Crippen LogP contribution in [0.3, 0.4) is 0 Å². The number of ether oxygens (including phenoxy) is 2. The summed E-state index contributed by atoms with van der Waals surface area (Å²) in [5.74, 6) is -0.102. The maximum Gasteiger partial charge on any atom is 0.257 e. The van der Waals surface area contributed by atoms with Gasteiger partial charge in [-0.2, -0.15) is 4.98 Å². The van der Waals surface area contributed by atoms with Crippen molar-refractivity contribution in [2.75, 3.05) is 30.8 Å². The van der Waals surface area contributed by atoms with E-state index in [4.69, 9.17) is 9.47 Å². The monoisotopic (exact) mass is 479 g/mol. The van der Waals surface area contributed by atoms with Gasteiger partial charge in [-0.1, -0.05) is 0 Å². The predicted octanol–water partition coefficient (Wildman–Crippen LogP) is 4.32. The third-order valence-electron chi connectivity index (χ3n) is 5.51. The molecule has 9 nitrogen and oxygen atoms in total. The number of methoxy groups -OCH3 is 1. The molecule has 0 unspecified atom stereocenters. The number of rotatable bonds is 7. The lowest BCUT2D eigenvalue weighted by atomic mass is 10.1. The predicted molar refractivity (Wildman–Crippen MR) is 128 cm³/mol. The van der Waals surface area contributed by atoms with Crippen molar-refractivity contribution < 1.29 is 18.3 Å². The van der Waals surface area contributed by atoms with Gasteiger partial charge >= 0.3 is 0 Å². The second kappa shape index (κ2) is 10.0. The first-order chi connectivity index (χ1) is 17.1. The van der Waals surface area contributed by atoms with Crippen LogP contribution in [0.15, 0.2) is 48.9 Å². The van der Waals surface area contributed by atoms with Crippen LogP contribution in [0.4, 0.5) is 31.9 Å². The minimum atomic E-state index is -0.936. The van der Waals surface area contributed by atoms with Crippen LogP contribution >= 0.6 is 0 Å². The largest absolute Gasteiger partial charge is 0.491 e. The molecule has 0 bridgehead atoms. The number of fused-ring (bicyclic) bond motifs is 1.